The maximum atomic E-state index is 11.9. The summed E-state index contributed by atoms with van der Waals surface area (Å²) in [5, 5.41) is 0. The van der Waals surface area contributed by atoms with Gasteiger partial charge in [0.2, 0.25) is 0 Å². The second kappa shape index (κ2) is 9.75. The van der Waals surface area contributed by atoms with E-state index in [-0.39, 0.29) is 11.4 Å². The van der Waals surface area contributed by atoms with Crippen molar-refractivity contribution in [2.45, 2.75) is 60.3 Å². The Morgan fingerprint density at radius 3 is 2.48 bits per heavy atom. The smallest absolute Gasteiger partial charge is 0.361 e. The molecule has 1 N–H and O–H groups in total. The highest BCUT2D eigenvalue weighted by Crippen LogP contribution is 2.17. The Hall–Kier alpha value is -1.31. The molecule has 1 heterocycles. The van der Waals surface area contributed by atoms with Gasteiger partial charge in [-0.1, -0.05) is 25.5 Å². The van der Waals surface area contributed by atoms with E-state index in [1.54, 1.807) is 0 Å². The van der Waals surface area contributed by atoms with Gasteiger partial charge in [0.15, 0.2) is 6.54 Å². The monoisotopic (exact) mass is 320 g/mol. The molecular weight excluding hydrogens is 286 g/mol. The number of hydrogen-bond acceptors (Lipinski definition) is 2. The lowest BCUT2D eigenvalue weighted by atomic mass is 9.94. The Labute approximate surface area is 142 Å². The van der Waals surface area contributed by atoms with E-state index >= 15 is 0 Å². The topological polar surface area (TPSA) is 30.7 Å². The van der Waals surface area contributed by atoms with Crippen LogP contribution in [0.1, 0.15) is 60.3 Å². The number of carbonyl (C=O) groups excluding carboxylic acids is 1. The number of esters is 1. The molecule has 0 unspecified atom stereocenters. The SMILES string of the molecule is CC(=C=CC(C)(C)COC(=O)C[NH+]1CCCC1)CCC=C(C)C. The molecule has 0 aliphatic carbocycles. The predicted octanol–water partition coefficient (Wildman–Crippen LogP) is 3.08. The van der Waals surface area contributed by atoms with Crippen molar-refractivity contribution in [2.75, 3.05) is 26.2 Å². The Kier molecular flexibility index (Phi) is 8.36. The standard InChI is InChI=1S/C20H33NO2/c1-17(2)9-8-10-18(3)11-12-20(4,5)16-23-19(22)15-21-13-6-7-14-21/h9,12H,6-8,10,13-16H2,1-5H3/p+1. The largest absolute Gasteiger partial charge is 0.461 e. The fourth-order valence-electron chi connectivity index (χ4n) is 2.58. The molecule has 0 atom stereocenters. The molecule has 0 saturated carbocycles. The van der Waals surface area contributed by atoms with Gasteiger partial charge in [0.05, 0.1) is 13.1 Å². The Balaban J connectivity index is 2.39. The van der Waals surface area contributed by atoms with Crippen molar-refractivity contribution in [3.63, 3.8) is 0 Å². The molecule has 0 spiro atoms. The predicted molar refractivity (Wildman–Crippen MR) is 95.5 cm³/mol. The molecule has 0 aromatic rings. The normalized spacial score (nSPS) is 15.0. The van der Waals surface area contributed by atoms with Crippen LogP contribution in [0.5, 0.6) is 0 Å². The third-order valence-corrected chi connectivity index (χ3v) is 4.09. The minimum atomic E-state index is -0.173. The summed E-state index contributed by atoms with van der Waals surface area (Å²) in [6, 6.07) is 0. The van der Waals surface area contributed by atoms with Crippen LogP contribution in [0.3, 0.4) is 0 Å². The van der Waals surface area contributed by atoms with Gasteiger partial charge < -0.3 is 9.64 Å². The minimum Gasteiger partial charge on any atom is -0.461 e. The van der Waals surface area contributed by atoms with Crippen molar-refractivity contribution in [3.05, 3.63) is 29.0 Å². The first-order valence-electron chi connectivity index (χ1n) is 8.84. The quantitative estimate of drug-likeness (QED) is 0.423. The molecule has 0 bridgehead atoms. The summed E-state index contributed by atoms with van der Waals surface area (Å²) in [6.45, 7) is 13.7. The second-order valence-corrected chi connectivity index (χ2v) is 7.67. The Bertz CT molecular complexity index is 472. The van der Waals surface area contributed by atoms with Gasteiger partial charge in [-0.15, -0.1) is 5.73 Å². The fourth-order valence-corrected chi connectivity index (χ4v) is 2.58. The highest BCUT2D eigenvalue weighted by atomic mass is 16.5. The van der Waals surface area contributed by atoms with Gasteiger partial charge in [-0.3, -0.25) is 0 Å². The number of allylic oxidation sites excluding steroid dienone is 2. The summed E-state index contributed by atoms with van der Waals surface area (Å²) in [6.07, 6.45) is 8.83. The third-order valence-electron chi connectivity index (χ3n) is 4.09. The first-order valence-corrected chi connectivity index (χ1v) is 8.84. The van der Waals surface area contributed by atoms with Gasteiger partial charge in [0.1, 0.15) is 6.61 Å². The van der Waals surface area contributed by atoms with Crippen molar-refractivity contribution in [1.29, 1.82) is 0 Å². The lowest BCUT2D eigenvalue weighted by Crippen LogP contribution is -3.11. The van der Waals surface area contributed by atoms with E-state index in [1.807, 2.05) is 6.08 Å². The average Bonchev–Trinajstić information content (AvgIpc) is 2.96. The number of quaternary nitrogens is 1. The van der Waals surface area contributed by atoms with Gasteiger partial charge in [-0.2, -0.15) is 0 Å². The lowest BCUT2D eigenvalue weighted by molar-refractivity contribution is -0.879. The van der Waals surface area contributed by atoms with E-state index in [1.165, 1.54) is 28.9 Å². The van der Waals surface area contributed by atoms with Crippen molar-refractivity contribution in [3.8, 4) is 0 Å². The molecule has 0 aromatic heterocycles. The van der Waals surface area contributed by atoms with Gasteiger partial charge in [-0.25, -0.2) is 4.79 Å². The third kappa shape index (κ3) is 9.43. The lowest BCUT2D eigenvalue weighted by Gasteiger charge is -2.19. The molecule has 3 nitrogen and oxygen atoms in total. The molecule has 1 rings (SSSR count). The van der Waals surface area contributed by atoms with Crippen LogP contribution in [0.2, 0.25) is 0 Å². The number of carbonyl (C=O) groups is 1. The van der Waals surface area contributed by atoms with Crippen LogP contribution in [-0.2, 0) is 9.53 Å². The van der Waals surface area contributed by atoms with Crippen LogP contribution < -0.4 is 4.90 Å². The van der Waals surface area contributed by atoms with Gasteiger partial charge in [0, 0.05) is 18.3 Å². The van der Waals surface area contributed by atoms with E-state index in [0.29, 0.717) is 13.2 Å². The molecule has 130 valence electrons. The first-order chi connectivity index (χ1) is 10.8. The van der Waals surface area contributed by atoms with E-state index in [0.717, 1.165) is 25.9 Å². The number of hydrogen-bond donors (Lipinski definition) is 1. The zero-order chi connectivity index (χ0) is 17.3. The summed E-state index contributed by atoms with van der Waals surface area (Å²) < 4.78 is 5.46. The van der Waals surface area contributed by atoms with E-state index < -0.39 is 0 Å². The molecule has 1 saturated heterocycles. The van der Waals surface area contributed by atoms with Crippen LogP contribution in [0.4, 0.5) is 0 Å². The fraction of sp³-hybridized carbons (Fsp3) is 0.700. The van der Waals surface area contributed by atoms with Gasteiger partial charge in [0.25, 0.3) is 0 Å². The van der Waals surface area contributed by atoms with Gasteiger partial charge >= 0.3 is 5.97 Å². The zero-order valence-corrected chi connectivity index (χ0v) is 15.6. The minimum absolute atomic E-state index is 0.0763. The maximum absolute atomic E-state index is 11.9. The number of rotatable bonds is 8. The Morgan fingerprint density at radius 1 is 1.22 bits per heavy atom. The van der Waals surface area contributed by atoms with Crippen LogP contribution >= 0.6 is 0 Å². The molecule has 3 heteroatoms. The Morgan fingerprint density at radius 2 is 1.87 bits per heavy atom. The first kappa shape index (κ1) is 19.7. The van der Waals surface area contributed by atoms with Crippen LogP contribution in [0.15, 0.2) is 29.0 Å². The summed E-state index contributed by atoms with van der Waals surface area (Å²) in [4.78, 5) is 13.3. The molecule has 0 radical (unpaired) electrons. The molecule has 1 fully saturated rings. The van der Waals surface area contributed by atoms with E-state index in [9.17, 15) is 4.79 Å². The van der Waals surface area contributed by atoms with Crippen LogP contribution in [-0.4, -0.2) is 32.2 Å². The highest BCUT2D eigenvalue weighted by Gasteiger charge is 2.22. The molecule has 0 aromatic carbocycles. The van der Waals surface area contributed by atoms with Crippen LogP contribution in [0, 0.1) is 5.41 Å². The van der Waals surface area contributed by atoms with E-state index in [2.05, 4.69) is 46.4 Å². The van der Waals surface area contributed by atoms with Crippen molar-refractivity contribution in [2.24, 2.45) is 5.41 Å². The molecule has 1 aliphatic heterocycles. The summed E-state index contributed by atoms with van der Waals surface area (Å²) in [7, 11) is 0. The van der Waals surface area contributed by atoms with E-state index in [4.69, 9.17) is 4.74 Å². The van der Waals surface area contributed by atoms with Crippen molar-refractivity contribution in [1.82, 2.24) is 0 Å². The summed E-state index contributed by atoms with van der Waals surface area (Å²) >= 11 is 0. The highest BCUT2D eigenvalue weighted by molar-refractivity contribution is 5.70. The van der Waals surface area contributed by atoms with Gasteiger partial charge in [-0.05, 0) is 45.3 Å². The summed E-state index contributed by atoms with van der Waals surface area (Å²) in [5.41, 5.74) is 5.78. The number of nitrogens with one attached hydrogen (secondary N) is 1. The molecular formula is C20H34NO2+. The summed E-state index contributed by atoms with van der Waals surface area (Å²) in [5.74, 6) is -0.0763. The molecule has 1 aliphatic rings. The molecule has 23 heavy (non-hydrogen) atoms. The molecule has 0 amide bonds. The van der Waals surface area contributed by atoms with Crippen LogP contribution in [0.25, 0.3) is 0 Å². The van der Waals surface area contributed by atoms with Crippen molar-refractivity contribution >= 4 is 5.97 Å². The average molecular weight is 320 g/mol. The second-order valence-electron chi connectivity index (χ2n) is 7.67. The number of likely N-dealkylation sites (tertiary alicyclic amines) is 1. The number of ether oxygens (including phenoxy) is 1. The van der Waals surface area contributed by atoms with Crippen molar-refractivity contribution < 1.29 is 14.4 Å². The zero-order valence-electron chi connectivity index (χ0n) is 15.6. The maximum Gasteiger partial charge on any atom is 0.361 e.